The van der Waals surface area contributed by atoms with Crippen LogP contribution in [0.3, 0.4) is 0 Å². The van der Waals surface area contributed by atoms with Crippen LogP contribution >= 0.6 is 0 Å². The molecule has 1 N–H and O–H groups in total. The first kappa shape index (κ1) is 22.6. The van der Waals surface area contributed by atoms with Crippen LogP contribution < -0.4 is 0 Å². The molecular weight excluding hydrogens is 422 g/mol. The summed E-state index contributed by atoms with van der Waals surface area (Å²) < 4.78 is 6.87. The van der Waals surface area contributed by atoms with E-state index in [-0.39, 0.29) is 17.6 Å². The molecule has 2 heterocycles. The Morgan fingerprint density at radius 3 is 2.59 bits per heavy atom. The highest BCUT2D eigenvalue weighted by Crippen LogP contribution is 2.87. The van der Waals surface area contributed by atoms with Gasteiger partial charge in [-0.25, -0.2) is 0 Å². The van der Waals surface area contributed by atoms with Crippen molar-refractivity contribution in [2.45, 2.75) is 123 Å². The van der Waals surface area contributed by atoms with Crippen molar-refractivity contribution in [3.05, 3.63) is 0 Å². The van der Waals surface area contributed by atoms with Crippen LogP contribution in [0.1, 0.15) is 104 Å². The fourth-order valence-corrected chi connectivity index (χ4v) is 11.7. The zero-order valence-corrected chi connectivity index (χ0v) is 21.9. The van der Waals surface area contributed by atoms with Gasteiger partial charge in [-0.3, -0.25) is 4.79 Å². The lowest BCUT2D eigenvalue weighted by Gasteiger charge is -2.59. The van der Waals surface area contributed by atoms with E-state index in [0.29, 0.717) is 28.3 Å². The summed E-state index contributed by atoms with van der Waals surface area (Å²) in [6.07, 6.45) is 16.5. The highest BCUT2D eigenvalue weighted by Gasteiger charge is 2.80. The second kappa shape index (κ2) is 7.24. The molecule has 4 nitrogen and oxygen atoms in total. The second-order valence-corrected chi connectivity index (χ2v) is 14.7. The largest absolute Gasteiger partial charge is 0.393 e. The van der Waals surface area contributed by atoms with Crippen LogP contribution in [0.5, 0.6) is 0 Å². The van der Waals surface area contributed by atoms with Gasteiger partial charge in [-0.2, -0.15) is 0 Å². The fourth-order valence-electron chi connectivity index (χ4n) is 11.7. The predicted octanol–water partition coefficient (Wildman–Crippen LogP) is 5.57. The molecule has 2 saturated heterocycles. The Hall–Kier alpha value is -0.610. The Morgan fingerprint density at radius 2 is 1.76 bits per heavy atom. The van der Waals surface area contributed by atoms with Crippen molar-refractivity contribution < 1.29 is 14.6 Å². The topological polar surface area (TPSA) is 49.8 Å². The number of hydrogen-bond donors (Lipinski definition) is 1. The molecular formula is C30H47NO3. The highest BCUT2D eigenvalue weighted by atomic mass is 16.5. The summed E-state index contributed by atoms with van der Waals surface area (Å²) in [5, 5.41) is 10.9. The third-order valence-electron chi connectivity index (χ3n) is 13.5. The number of nitrogens with zero attached hydrogens (tertiary/aromatic N) is 1. The van der Waals surface area contributed by atoms with Crippen LogP contribution in [0.4, 0.5) is 0 Å². The number of fused-ring (bicyclic) bond motifs is 4. The minimum Gasteiger partial charge on any atom is -0.393 e. The zero-order chi connectivity index (χ0) is 23.5. The van der Waals surface area contributed by atoms with Crippen molar-refractivity contribution in [2.75, 3.05) is 13.1 Å². The maximum Gasteiger partial charge on any atom is 0.222 e. The third-order valence-corrected chi connectivity index (χ3v) is 13.5. The molecule has 10 atom stereocenters. The van der Waals surface area contributed by atoms with E-state index in [4.69, 9.17) is 4.74 Å². The molecule has 0 aromatic rings. The quantitative estimate of drug-likeness (QED) is 0.575. The molecule has 4 heteroatoms. The number of ether oxygens (including phenoxy) is 1. The van der Waals surface area contributed by atoms with Crippen LogP contribution in [0.25, 0.3) is 0 Å². The average molecular weight is 470 g/mol. The number of aliphatic hydroxyl groups excluding tert-OH is 1. The molecule has 190 valence electrons. The summed E-state index contributed by atoms with van der Waals surface area (Å²) in [6.45, 7) is 9.15. The Morgan fingerprint density at radius 1 is 0.941 bits per heavy atom. The zero-order valence-electron chi connectivity index (χ0n) is 21.9. The molecule has 7 fully saturated rings. The standard InChI is InChI=1S/C30H47NO3/c1-27(2)24-10-9-20-22-16-23-21(8-7-19(34-23)17-31-15-5-4-6-26(31)33)28(22,3)13-14-29(20)18-30(24,29)12-11-25(27)32/h19-25,32H,4-18H2,1-3H3/t19?,20?,21?,22?,23?,24?,25-,28+,29-,30?/m0/s1. The lowest BCUT2D eigenvalue weighted by atomic mass is 9.46. The molecule has 0 bridgehead atoms. The normalized spacial score (nSPS) is 55.5. The van der Waals surface area contributed by atoms with Crippen LogP contribution in [0.15, 0.2) is 0 Å². The number of piperidine rings is 1. The van der Waals surface area contributed by atoms with E-state index in [0.717, 1.165) is 68.9 Å². The van der Waals surface area contributed by atoms with E-state index >= 15 is 0 Å². The Bertz CT molecular complexity index is 871. The molecule has 2 spiro atoms. The number of carbonyl (C=O) groups excluding carboxylic acids is 1. The monoisotopic (exact) mass is 469 g/mol. The van der Waals surface area contributed by atoms with Gasteiger partial charge in [0.2, 0.25) is 5.91 Å². The Kier molecular flexibility index (Phi) is 4.81. The Balaban J connectivity index is 1.10. The van der Waals surface area contributed by atoms with Crippen LogP contribution in [-0.4, -0.2) is 47.3 Å². The van der Waals surface area contributed by atoms with Gasteiger partial charge in [0, 0.05) is 19.5 Å². The summed E-state index contributed by atoms with van der Waals surface area (Å²) in [5.74, 6) is 3.49. The van der Waals surface area contributed by atoms with Gasteiger partial charge in [-0.05, 0) is 122 Å². The van der Waals surface area contributed by atoms with Gasteiger partial charge in [0.25, 0.3) is 0 Å². The Labute approximate surface area is 206 Å². The van der Waals surface area contributed by atoms with Gasteiger partial charge < -0.3 is 14.7 Å². The molecule has 2 aliphatic heterocycles. The van der Waals surface area contributed by atoms with Gasteiger partial charge in [0.15, 0.2) is 0 Å². The van der Waals surface area contributed by atoms with Gasteiger partial charge in [0.05, 0.1) is 18.3 Å². The molecule has 7 rings (SSSR count). The molecule has 0 aromatic carbocycles. The van der Waals surface area contributed by atoms with Crippen molar-refractivity contribution in [3.8, 4) is 0 Å². The number of hydrogen-bond acceptors (Lipinski definition) is 3. The summed E-state index contributed by atoms with van der Waals surface area (Å²) in [7, 11) is 0. The smallest absolute Gasteiger partial charge is 0.222 e. The molecule has 7 aliphatic rings. The maximum absolute atomic E-state index is 12.4. The second-order valence-electron chi connectivity index (χ2n) is 14.7. The van der Waals surface area contributed by atoms with Crippen molar-refractivity contribution in [1.29, 1.82) is 0 Å². The van der Waals surface area contributed by atoms with Gasteiger partial charge in [0.1, 0.15) is 0 Å². The third kappa shape index (κ3) is 2.77. The van der Waals surface area contributed by atoms with Crippen LogP contribution in [0.2, 0.25) is 0 Å². The van der Waals surface area contributed by atoms with E-state index in [9.17, 15) is 9.90 Å². The highest BCUT2D eigenvalue weighted by molar-refractivity contribution is 5.76. The lowest BCUT2D eigenvalue weighted by molar-refractivity contribution is -0.142. The van der Waals surface area contributed by atoms with Crippen LogP contribution in [0, 0.1) is 45.3 Å². The number of carbonyl (C=O) groups is 1. The number of aliphatic hydroxyl groups is 1. The van der Waals surface area contributed by atoms with Crippen molar-refractivity contribution in [1.82, 2.24) is 4.90 Å². The molecule has 0 aromatic heterocycles. The van der Waals surface area contributed by atoms with Crippen molar-refractivity contribution >= 4 is 5.91 Å². The lowest BCUT2D eigenvalue weighted by Crippen LogP contribution is -2.54. The maximum atomic E-state index is 12.4. The van der Waals surface area contributed by atoms with E-state index < -0.39 is 0 Å². The average Bonchev–Trinajstić information content (AvgIpc) is 3.39. The van der Waals surface area contributed by atoms with E-state index in [1.54, 1.807) is 0 Å². The molecule has 5 aliphatic carbocycles. The van der Waals surface area contributed by atoms with E-state index in [2.05, 4.69) is 25.7 Å². The summed E-state index contributed by atoms with van der Waals surface area (Å²) >= 11 is 0. The molecule has 1 amide bonds. The van der Waals surface area contributed by atoms with Gasteiger partial charge in [-0.1, -0.05) is 20.8 Å². The number of rotatable bonds is 2. The van der Waals surface area contributed by atoms with Crippen LogP contribution in [-0.2, 0) is 9.53 Å². The minimum atomic E-state index is -0.113. The fraction of sp³-hybridized carbons (Fsp3) is 0.967. The summed E-state index contributed by atoms with van der Waals surface area (Å²) in [5.41, 5.74) is 1.64. The minimum absolute atomic E-state index is 0.0827. The van der Waals surface area contributed by atoms with Crippen molar-refractivity contribution in [2.24, 2.45) is 45.3 Å². The first-order valence-electron chi connectivity index (χ1n) is 14.8. The first-order valence-corrected chi connectivity index (χ1v) is 14.8. The molecule has 34 heavy (non-hydrogen) atoms. The number of amides is 1. The summed E-state index contributed by atoms with van der Waals surface area (Å²) in [6, 6.07) is 0. The van der Waals surface area contributed by atoms with E-state index in [1.807, 2.05) is 0 Å². The van der Waals surface area contributed by atoms with Gasteiger partial charge >= 0.3 is 0 Å². The SMILES string of the molecule is CC1(C)C2CCC3C4CC5OC(CN6CCCCC6=O)CCC5[C@@]4(C)CC[C@]34CC24CC[C@@H]1O. The number of likely N-dealkylation sites (tertiary alicyclic amines) is 1. The van der Waals surface area contributed by atoms with E-state index in [1.165, 1.54) is 51.4 Å². The first-order chi connectivity index (χ1) is 16.2. The predicted molar refractivity (Wildman–Crippen MR) is 132 cm³/mol. The molecule has 5 saturated carbocycles. The molecule has 0 radical (unpaired) electrons. The molecule has 7 unspecified atom stereocenters. The van der Waals surface area contributed by atoms with Gasteiger partial charge in [-0.15, -0.1) is 0 Å². The van der Waals surface area contributed by atoms with Crippen molar-refractivity contribution in [3.63, 3.8) is 0 Å². The summed E-state index contributed by atoms with van der Waals surface area (Å²) in [4.78, 5) is 14.5.